The summed E-state index contributed by atoms with van der Waals surface area (Å²) in [5, 5.41) is 14.9. The van der Waals surface area contributed by atoms with Crippen LogP contribution < -0.4 is 11.2 Å². The average Bonchev–Trinajstić information content (AvgIpc) is 3.66. The summed E-state index contributed by atoms with van der Waals surface area (Å²) in [5.74, 6) is 3.82. The van der Waals surface area contributed by atoms with Crippen LogP contribution in [0.5, 0.6) is 0 Å². The van der Waals surface area contributed by atoms with Gasteiger partial charge in [0.25, 0.3) is 0 Å². The highest BCUT2D eigenvalue weighted by atomic mass is 16.7. The maximum absolute atomic E-state index is 12.8. The number of piperidine rings is 2. The van der Waals surface area contributed by atoms with E-state index in [-0.39, 0.29) is 30.1 Å². The van der Waals surface area contributed by atoms with E-state index in [1.807, 2.05) is 97.1 Å². The zero-order valence-electron chi connectivity index (χ0n) is 33.0. The number of nitrogens with zero attached hydrogens (tertiary/aromatic N) is 6. The Morgan fingerprint density at radius 2 is 1.17 bits per heavy atom. The summed E-state index contributed by atoms with van der Waals surface area (Å²) in [6.45, 7) is 2.74. The van der Waals surface area contributed by atoms with Crippen molar-refractivity contribution in [1.82, 2.24) is 35.2 Å². The van der Waals surface area contributed by atoms with Crippen LogP contribution in [0.2, 0.25) is 0 Å². The second kappa shape index (κ2) is 21.7. The predicted molar refractivity (Wildman–Crippen MR) is 215 cm³/mol. The van der Waals surface area contributed by atoms with Crippen molar-refractivity contribution in [3.63, 3.8) is 0 Å². The van der Waals surface area contributed by atoms with Crippen molar-refractivity contribution in [2.75, 3.05) is 26.2 Å². The van der Waals surface area contributed by atoms with Gasteiger partial charge in [0, 0.05) is 49.8 Å². The molecule has 4 aliphatic rings. The smallest absolute Gasteiger partial charge is 0.345 e. The molecule has 59 heavy (non-hydrogen) atoms. The van der Waals surface area contributed by atoms with Crippen molar-refractivity contribution in [3.05, 3.63) is 132 Å². The van der Waals surface area contributed by atoms with Gasteiger partial charge in [-0.3, -0.25) is 24.4 Å². The van der Waals surface area contributed by atoms with Crippen LogP contribution in [0.4, 0.5) is 9.59 Å². The van der Waals surface area contributed by atoms with Crippen molar-refractivity contribution in [3.8, 4) is 0 Å². The average molecular weight is 809 g/mol. The van der Waals surface area contributed by atoms with Crippen LogP contribution in [-0.2, 0) is 50.2 Å². The normalized spacial score (nSPS) is 20.4. The van der Waals surface area contributed by atoms with Gasteiger partial charge in [-0.1, -0.05) is 72.8 Å². The molecule has 0 radical (unpaired) electrons. The Kier molecular flexibility index (Phi) is 15.7. The number of nitrogens with two attached hydrogens (primary N) is 1. The van der Waals surface area contributed by atoms with Crippen molar-refractivity contribution in [2.24, 2.45) is 5.90 Å². The van der Waals surface area contributed by atoms with Crippen LogP contribution in [0, 0.1) is 0 Å². The minimum absolute atomic E-state index is 0.0133. The SMILES string of the molecule is NOCCc1ccccn1.O=C(NCCCc1ccccn1)[C@@H]1CC[C@@H]2CN1C(=O)N2OCc1ccccc1.O=C(O)[C@@H]1CC[C@@H]2CN1C(=O)N2OCc1ccccc1. The van der Waals surface area contributed by atoms with E-state index >= 15 is 0 Å². The van der Waals surface area contributed by atoms with Gasteiger partial charge in [0.2, 0.25) is 5.91 Å². The Morgan fingerprint density at radius 3 is 1.66 bits per heavy atom. The highest BCUT2D eigenvalue weighted by Gasteiger charge is 2.49. The number of carbonyl (C=O) groups is 4. The van der Waals surface area contributed by atoms with Crippen LogP contribution in [0.15, 0.2) is 109 Å². The van der Waals surface area contributed by atoms with Crippen LogP contribution in [0.25, 0.3) is 0 Å². The topological polar surface area (TPSA) is 193 Å². The summed E-state index contributed by atoms with van der Waals surface area (Å²) >= 11 is 0. The fourth-order valence-electron chi connectivity index (χ4n) is 7.42. The number of nitrogens with one attached hydrogen (secondary N) is 1. The lowest BCUT2D eigenvalue weighted by atomic mass is 10.0. The van der Waals surface area contributed by atoms with Gasteiger partial charge in [-0.05, 0) is 73.9 Å². The van der Waals surface area contributed by atoms with Crippen LogP contribution in [0.1, 0.15) is 54.6 Å². The first kappa shape index (κ1) is 42.7. The molecular weight excluding hydrogens is 757 g/mol. The molecule has 4 aromatic rings. The Bertz CT molecular complexity index is 1930. The monoisotopic (exact) mass is 808 g/mol. The number of aromatic nitrogens is 2. The summed E-state index contributed by atoms with van der Waals surface area (Å²) in [7, 11) is 0. The molecule has 0 aliphatic carbocycles. The molecule has 6 heterocycles. The van der Waals surface area contributed by atoms with Gasteiger partial charge in [-0.15, -0.1) is 0 Å². The van der Waals surface area contributed by atoms with Crippen molar-refractivity contribution < 1.29 is 38.8 Å². The van der Waals surface area contributed by atoms with E-state index < -0.39 is 18.1 Å². The lowest BCUT2D eigenvalue weighted by Gasteiger charge is -2.29. The van der Waals surface area contributed by atoms with Crippen LogP contribution >= 0.6 is 0 Å². The second-order valence-electron chi connectivity index (χ2n) is 14.5. The Hall–Kier alpha value is -5.94. The molecule has 16 nitrogen and oxygen atoms in total. The van der Waals surface area contributed by atoms with Gasteiger partial charge in [-0.2, -0.15) is 10.1 Å². The van der Waals surface area contributed by atoms with Crippen LogP contribution in [0.3, 0.4) is 0 Å². The molecule has 0 unspecified atom stereocenters. The largest absolute Gasteiger partial charge is 0.480 e. The second-order valence-corrected chi connectivity index (χ2v) is 14.5. The third kappa shape index (κ3) is 11.8. The predicted octanol–water partition coefficient (Wildman–Crippen LogP) is 4.52. The number of aliphatic carboxylic acids is 1. The van der Waals surface area contributed by atoms with E-state index in [1.165, 1.54) is 15.0 Å². The molecule has 2 aromatic heterocycles. The van der Waals surface area contributed by atoms with Gasteiger partial charge in [0.15, 0.2) is 0 Å². The molecule has 312 valence electrons. The van der Waals surface area contributed by atoms with Crippen molar-refractivity contribution in [2.45, 2.75) is 82.3 Å². The number of hydroxylamine groups is 4. The van der Waals surface area contributed by atoms with Gasteiger partial charge in [-0.25, -0.2) is 20.3 Å². The van der Waals surface area contributed by atoms with Gasteiger partial charge in [0.05, 0.1) is 18.7 Å². The number of amides is 5. The number of rotatable bonds is 15. The maximum Gasteiger partial charge on any atom is 0.345 e. The fourth-order valence-corrected chi connectivity index (χ4v) is 7.42. The number of carbonyl (C=O) groups excluding carboxylic acids is 3. The first-order valence-corrected chi connectivity index (χ1v) is 20.0. The van der Waals surface area contributed by atoms with Crippen molar-refractivity contribution in [1.29, 1.82) is 0 Å². The van der Waals surface area contributed by atoms with E-state index in [0.29, 0.717) is 58.7 Å². The minimum Gasteiger partial charge on any atom is -0.480 e. The maximum atomic E-state index is 12.8. The zero-order valence-corrected chi connectivity index (χ0v) is 33.0. The summed E-state index contributed by atoms with van der Waals surface area (Å²) < 4.78 is 0. The number of carboxylic acid groups (broad SMARTS) is 1. The summed E-state index contributed by atoms with van der Waals surface area (Å²) in [4.78, 5) is 75.9. The molecule has 4 saturated heterocycles. The summed E-state index contributed by atoms with van der Waals surface area (Å²) in [6, 6.07) is 29.2. The number of aryl methyl sites for hydroxylation is 1. The van der Waals surface area contributed by atoms with E-state index in [9.17, 15) is 19.2 Å². The lowest BCUT2D eigenvalue weighted by molar-refractivity contribution is -0.143. The molecular formula is C43H52N8O8. The molecule has 4 bridgehead atoms. The lowest BCUT2D eigenvalue weighted by Crippen LogP contribution is -2.50. The summed E-state index contributed by atoms with van der Waals surface area (Å²) in [5.41, 5.74) is 4.02. The quantitative estimate of drug-likeness (QED) is 0.113. The summed E-state index contributed by atoms with van der Waals surface area (Å²) in [6.07, 6.45) is 8.51. The van der Waals surface area contributed by atoms with Crippen molar-refractivity contribution >= 4 is 23.9 Å². The standard InChI is InChI=1S/C22H26N4O3.C14H16N2O4.C7H10N2O/c27-21(24-14-6-10-18-9-4-5-13-23-18)20-12-11-19-15-25(20)22(28)26(19)29-16-17-7-2-1-3-8-17;17-13(18)12-7-6-11-8-15(12)14(19)16(11)20-9-10-4-2-1-3-5-10;8-10-6-4-7-3-1-2-5-9-7/h1-5,7-9,13,19-20H,6,10-12,14-16H2,(H,24,27);1-5,11-12H,6-9H2,(H,17,18);1-3,5H,4,6,8H2/t19-,20+;11-,12+;/m11./s1. The molecule has 0 spiro atoms. The Balaban J connectivity index is 0.000000168. The van der Waals surface area contributed by atoms with Gasteiger partial charge in [0.1, 0.15) is 25.3 Å². The number of hydrogen-bond donors (Lipinski definition) is 3. The van der Waals surface area contributed by atoms with Gasteiger partial charge >= 0.3 is 18.0 Å². The zero-order chi connectivity index (χ0) is 41.4. The van der Waals surface area contributed by atoms with E-state index in [1.54, 1.807) is 17.3 Å². The molecule has 4 aliphatic heterocycles. The number of benzene rings is 2. The molecule has 16 heteroatoms. The molecule has 5 amide bonds. The molecule has 4 N–H and O–H groups in total. The van der Waals surface area contributed by atoms with E-state index in [0.717, 1.165) is 48.2 Å². The highest BCUT2D eigenvalue weighted by Crippen LogP contribution is 2.32. The molecule has 2 aromatic carbocycles. The first-order valence-electron chi connectivity index (χ1n) is 20.0. The third-order valence-electron chi connectivity index (χ3n) is 10.5. The molecule has 0 saturated carbocycles. The fraction of sp³-hybridized carbons (Fsp3) is 0.395. The Labute approximate surface area is 343 Å². The molecule has 4 fully saturated rings. The van der Waals surface area contributed by atoms with E-state index in [2.05, 4.69) is 20.1 Å². The minimum atomic E-state index is -0.943. The highest BCUT2D eigenvalue weighted by molar-refractivity contribution is 5.88. The molecule has 4 atom stereocenters. The molecule has 8 rings (SSSR count). The number of fused-ring (bicyclic) bond motifs is 4. The first-order chi connectivity index (χ1) is 28.8. The van der Waals surface area contributed by atoms with E-state index in [4.69, 9.17) is 20.7 Å². The third-order valence-corrected chi connectivity index (χ3v) is 10.5. The van der Waals surface area contributed by atoms with Crippen LogP contribution in [-0.4, -0.2) is 109 Å². The number of urea groups is 2. The number of carboxylic acids is 1. The van der Waals surface area contributed by atoms with Gasteiger partial charge < -0.3 is 25.1 Å². The Morgan fingerprint density at radius 1 is 0.678 bits per heavy atom. The number of hydrogen-bond acceptors (Lipinski definition) is 10. The number of pyridine rings is 2.